The molecule has 1 aliphatic rings. The number of aromatic hydroxyl groups is 1. The number of nitrogens with zero attached hydrogens (tertiary/aromatic N) is 2. The quantitative estimate of drug-likeness (QED) is 0.129. The molecule has 0 amide bonds. The summed E-state index contributed by atoms with van der Waals surface area (Å²) < 4.78 is 35.2. The van der Waals surface area contributed by atoms with Crippen molar-refractivity contribution < 1.29 is 32.6 Å². The van der Waals surface area contributed by atoms with Crippen molar-refractivity contribution in [2.24, 2.45) is 0 Å². The second-order valence-electron chi connectivity index (χ2n) is 10.6. The lowest BCUT2D eigenvalue weighted by Gasteiger charge is -2.28. The van der Waals surface area contributed by atoms with Gasteiger partial charge in [-0.1, -0.05) is 48.9 Å². The van der Waals surface area contributed by atoms with Crippen LogP contribution in [0, 0.1) is 6.92 Å². The fraction of sp³-hybridized carbons (Fsp3) is 0.303. The number of rotatable bonds is 13. The van der Waals surface area contributed by atoms with Gasteiger partial charge in [0, 0.05) is 31.5 Å². The minimum Gasteiger partial charge on any atom is -0.504 e. The van der Waals surface area contributed by atoms with Gasteiger partial charge in [0.05, 0.1) is 16.1 Å². The van der Waals surface area contributed by atoms with Crippen LogP contribution in [0.1, 0.15) is 36.0 Å². The summed E-state index contributed by atoms with van der Waals surface area (Å²) in [4.78, 5) is 19.2. The third-order valence-electron chi connectivity index (χ3n) is 7.41. The summed E-state index contributed by atoms with van der Waals surface area (Å²) in [7, 11) is -1.88. The predicted octanol–water partition coefficient (Wildman–Crippen LogP) is 6.42. The molecule has 0 unspecified atom stereocenters. The highest BCUT2D eigenvalue weighted by atomic mass is 35.5. The Balaban J connectivity index is 1.61. The van der Waals surface area contributed by atoms with Crippen LogP contribution >= 0.6 is 11.6 Å². The molecule has 44 heavy (non-hydrogen) atoms. The van der Waals surface area contributed by atoms with Crippen molar-refractivity contribution in [3.05, 3.63) is 94.0 Å². The van der Waals surface area contributed by atoms with Crippen LogP contribution in [0.3, 0.4) is 0 Å². The van der Waals surface area contributed by atoms with Crippen molar-refractivity contribution in [2.45, 2.75) is 39.3 Å². The molecule has 0 bridgehead atoms. The van der Waals surface area contributed by atoms with Crippen LogP contribution in [0.25, 0.3) is 11.1 Å². The maximum absolute atomic E-state index is 12.1. The largest absolute Gasteiger partial charge is 0.504 e. The number of hydrogen-bond donors (Lipinski definition) is 1. The number of hydroxylamine groups is 2. The Hall–Kier alpha value is -3.99. The van der Waals surface area contributed by atoms with Crippen LogP contribution in [-0.2, 0) is 27.8 Å². The number of hydrogen-bond acceptors (Lipinski definition) is 9. The minimum absolute atomic E-state index is 0.0256. The lowest BCUT2D eigenvalue weighted by atomic mass is 9.96. The van der Waals surface area contributed by atoms with Crippen LogP contribution < -0.4 is 14.3 Å². The third-order valence-corrected chi connectivity index (χ3v) is 8.84. The molecule has 0 radical (unpaired) electrons. The van der Waals surface area contributed by atoms with E-state index in [9.17, 15) is 18.3 Å². The first-order chi connectivity index (χ1) is 21.0. The van der Waals surface area contributed by atoms with E-state index < -0.39 is 9.84 Å². The second kappa shape index (κ2) is 14.7. The molecule has 9 nitrogen and oxygen atoms in total. The lowest BCUT2D eigenvalue weighted by Crippen LogP contribution is -2.29. The number of halogens is 1. The first kappa shape index (κ1) is 32.9. The molecule has 3 aromatic carbocycles. The van der Waals surface area contributed by atoms with Gasteiger partial charge in [-0.3, -0.25) is 9.69 Å². The maximum Gasteiger partial charge on any atom is 0.298 e. The molecule has 1 heterocycles. The molecule has 0 aliphatic carbocycles. The summed E-state index contributed by atoms with van der Waals surface area (Å²) in [6, 6.07) is 14.2. The number of carbonyl (C=O) groups is 1. The number of sulfone groups is 1. The molecule has 0 spiro atoms. The standard InChI is InChI=1S/C33H37ClN2O7S/c1-5-27(44(4,39)40)20-35(3)43-32-18-33(29(34)16-26(32)19-36-14-7-6-8-15-36)41-21-25-10-9-11-28(23(25)2)24-12-13-31(42-22-37)30(38)17-24/h5,9-13,16-18,20,22,38H,1,6-8,14-15,19,21H2,2-4H3/b27-20+. The Kier molecular flexibility index (Phi) is 11.0. The van der Waals surface area contributed by atoms with Crippen molar-refractivity contribution >= 4 is 27.9 Å². The summed E-state index contributed by atoms with van der Waals surface area (Å²) in [5.74, 6) is 0.835. The van der Waals surface area contributed by atoms with Gasteiger partial charge < -0.3 is 19.4 Å². The van der Waals surface area contributed by atoms with Gasteiger partial charge in [-0.2, -0.15) is 0 Å². The van der Waals surface area contributed by atoms with Gasteiger partial charge in [0.1, 0.15) is 12.4 Å². The van der Waals surface area contributed by atoms with Gasteiger partial charge in [0.25, 0.3) is 6.47 Å². The molecule has 0 saturated carbocycles. The Morgan fingerprint density at radius 1 is 1.07 bits per heavy atom. The first-order valence-electron chi connectivity index (χ1n) is 14.1. The molecular formula is C33H37ClN2O7S. The number of ether oxygens (including phenoxy) is 2. The zero-order valence-corrected chi connectivity index (χ0v) is 26.7. The summed E-state index contributed by atoms with van der Waals surface area (Å²) in [6.07, 6.45) is 7.20. The lowest BCUT2D eigenvalue weighted by molar-refractivity contribution is -0.120. The van der Waals surface area contributed by atoms with E-state index in [2.05, 4.69) is 11.5 Å². The molecule has 1 N–H and O–H groups in total. The average Bonchev–Trinajstić information content (AvgIpc) is 2.98. The number of carbonyl (C=O) groups excluding carboxylic acids is 1. The number of phenolic OH excluding ortho intramolecular Hbond substituents is 1. The smallest absolute Gasteiger partial charge is 0.298 e. The SMILES string of the molecule is C=C/C(=C\N(C)Oc1cc(OCc2cccc(-c3ccc(OC=O)c(O)c3)c2C)c(Cl)cc1CN1CCCCC1)S(C)(=O)=O. The molecule has 1 saturated heterocycles. The Bertz CT molecular complexity index is 1650. The average molecular weight is 641 g/mol. The first-order valence-corrected chi connectivity index (χ1v) is 16.4. The molecule has 4 rings (SSSR count). The molecule has 1 fully saturated rings. The van der Waals surface area contributed by atoms with Gasteiger partial charge >= 0.3 is 0 Å². The summed E-state index contributed by atoms with van der Waals surface area (Å²) in [5.41, 5.74) is 4.31. The zero-order valence-electron chi connectivity index (χ0n) is 25.1. The van der Waals surface area contributed by atoms with Crippen molar-refractivity contribution in [1.82, 2.24) is 9.96 Å². The van der Waals surface area contributed by atoms with Crippen molar-refractivity contribution in [2.75, 3.05) is 26.4 Å². The topological polar surface area (TPSA) is 106 Å². The van der Waals surface area contributed by atoms with Crippen molar-refractivity contribution in [3.8, 4) is 34.1 Å². The van der Waals surface area contributed by atoms with Crippen LogP contribution in [0.4, 0.5) is 0 Å². The Morgan fingerprint density at radius 3 is 2.48 bits per heavy atom. The van der Waals surface area contributed by atoms with E-state index in [-0.39, 0.29) is 29.5 Å². The number of piperidine rings is 1. The maximum atomic E-state index is 12.1. The van der Waals surface area contributed by atoms with E-state index in [1.807, 2.05) is 31.2 Å². The highest BCUT2D eigenvalue weighted by Gasteiger charge is 2.19. The summed E-state index contributed by atoms with van der Waals surface area (Å²) in [5, 5.41) is 12.0. The van der Waals surface area contributed by atoms with E-state index in [0.717, 1.165) is 60.0 Å². The van der Waals surface area contributed by atoms with Gasteiger partial charge in [0.15, 0.2) is 27.1 Å². The van der Waals surface area contributed by atoms with Crippen LogP contribution in [0.2, 0.25) is 5.02 Å². The number of phenols is 1. The highest BCUT2D eigenvalue weighted by molar-refractivity contribution is 7.94. The van der Waals surface area contributed by atoms with Crippen molar-refractivity contribution in [1.29, 1.82) is 0 Å². The Labute approximate surface area is 263 Å². The minimum atomic E-state index is -3.49. The molecule has 3 aromatic rings. The van der Waals surface area contributed by atoms with Crippen LogP contribution in [0.15, 0.2) is 72.3 Å². The van der Waals surface area contributed by atoms with Gasteiger partial charge in [-0.15, -0.1) is 0 Å². The monoisotopic (exact) mass is 640 g/mol. The number of likely N-dealkylation sites (tertiary alicyclic amines) is 1. The number of benzene rings is 3. The predicted molar refractivity (Wildman–Crippen MR) is 171 cm³/mol. The van der Waals surface area contributed by atoms with E-state index >= 15 is 0 Å². The second-order valence-corrected chi connectivity index (χ2v) is 13.1. The molecule has 0 atom stereocenters. The molecule has 234 valence electrons. The zero-order chi connectivity index (χ0) is 31.9. The molecular weight excluding hydrogens is 604 g/mol. The Morgan fingerprint density at radius 2 is 1.82 bits per heavy atom. The fourth-order valence-corrected chi connectivity index (χ4v) is 5.94. The normalized spacial score (nSPS) is 14.1. The highest BCUT2D eigenvalue weighted by Crippen LogP contribution is 2.37. The van der Waals surface area contributed by atoms with Crippen LogP contribution in [-0.4, -0.2) is 56.4 Å². The van der Waals surface area contributed by atoms with Crippen molar-refractivity contribution in [3.63, 3.8) is 0 Å². The molecule has 1 aliphatic heterocycles. The third kappa shape index (κ3) is 8.34. The van der Waals surface area contributed by atoms with E-state index in [1.54, 1.807) is 25.2 Å². The van der Waals surface area contributed by atoms with E-state index in [0.29, 0.717) is 23.1 Å². The van der Waals surface area contributed by atoms with Gasteiger partial charge in [-0.05, 0) is 79.4 Å². The summed E-state index contributed by atoms with van der Waals surface area (Å²) in [6.45, 7) is 8.60. The van der Waals surface area contributed by atoms with Gasteiger partial charge in [0.2, 0.25) is 0 Å². The summed E-state index contributed by atoms with van der Waals surface area (Å²) >= 11 is 6.73. The molecule has 0 aromatic heterocycles. The fourth-order valence-electron chi connectivity index (χ4n) is 5.06. The van der Waals surface area contributed by atoms with E-state index in [4.69, 9.17) is 25.9 Å². The number of allylic oxidation sites excluding steroid dienone is 1. The van der Waals surface area contributed by atoms with Crippen LogP contribution in [0.5, 0.6) is 23.0 Å². The molecule has 11 heteroatoms. The van der Waals surface area contributed by atoms with E-state index in [1.165, 1.54) is 29.8 Å². The van der Waals surface area contributed by atoms with Gasteiger partial charge in [-0.25, -0.2) is 13.5 Å².